The van der Waals surface area contributed by atoms with Crippen molar-refractivity contribution < 1.29 is 9.53 Å². The summed E-state index contributed by atoms with van der Waals surface area (Å²) in [4.78, 5) is 10.7. The average Bonchev–Trinajstić information content (AvgIpc) is 2.27. The molecule has 18 heavy (non-hydrogen) atoms. The zero-order chi connectivity index (χ0) is 13.5. The van der Waals surface area contributed by atoms with Crippen LogP contribution in [-0.2, 0) is 4.79 Å². The normalized spacial score (nSPS) is 10.3. The molecule has 0 spiro atoms. The van der Waals surface area contributed by atoms with Gasteiger partial charge in [-0.1, -0.05) is 15.9 Å². The van der Waals surface area contributed by atoms with Crippen molar-refractivity contribution in [1.82, 2.24) is 5.43 Å². The third kappa shape index (κ3) is 5.11. The zero-order valence-electron chi connectivity index (χ0n) is 9.22. The number of primary amides is 1. The van der Waals surface area contributed by atoms with E-state index in [1.54, 1.807) is 18.2 Å². The topological polar surface area (TPSA) is 103 Å². The monoisotopic (exact) mass is 330 g/mol. The third-order valence-electron chi connectivity index (χ3n) is 1.72. The number of halogens is 1. The van der Waals surface area contributed by atoms with E-state index in [2.05, 4.69) is 38.7 Å². The number of thiocarbonyl (C=S) groups is 1. The van der Waals surface area contributed by atoms with E-state index >= 15 is 0 Å². The van der Waals surface area contributed by atoms with Crippen molar-refractivity contribution in [2.75, 3.05) is 6.61 Å². The van der Waals surface area contributed by atoms with Gasteiger partial charge in [0.15, 0.2) is 11.7 Å². The van der Waals surface area contributed by atoms with Crippen molar-refractivity contribution >= 4 is 45.4 Å². The number of carbonyl (C=O) groups excluding carboxylic acids is 1. The Morgan fingerprint density at radius 1 is 1.56 bits per heavy atom. The molecule has 0 bridgehead atoms. The molecular weight excluding hydrogens is 320 g/mol. The Morgan fingerprint density at radius 3 is 2.89 bits per heavy atom. The number of hydrogen-bond donors (Lipinski definition) is 3. The van der Waals surface area contributed by atoms with Gasteiger partial charge in [-0.25, -0.2) is 0 Å². The highest BCUT2D eigenvalue weighted by atomic mass is 79.9. The first-order valence-corrected chi connectivity index (χ1v) is 5.98. The van der Waals surface area contributed by atoms with Crippen LogP contribution < -0.4 is 21.6 Å². The van der Waals surface area contributed by atoms with E-state index < -0.39 is 5.91 Å². The van der Waals surface area contributed by atoms with Crippen LogP contribution in [0.5, 0.6) is 5.75 Å². The molecule has 0 saturated carbocycles. The minimum absolute atomic E-state index is 0.0563. The van der Waals surface area contributed by atoms with Gasteiger partial charge in [0.05, 0.1) is 6.21 Å². The van der Waals surface area contributed by atoms with Gasteiger partial charge < -0.3 is 16.2 Å². The minimum atomic E-state index is -0.554. The summed E-state index contributed by atoms with van der Waals surface area (Å²) in [7, 11) is 0. The fourth-order valence-corrected chi connectivity index (χ4v) is 1.50. The first kappa shape index (κ1) is 14.4. The standard InChI is InChI=1S/C10H11BrN4O2S/c11-7-1-2-8(17-5-9(12)16)6(3-7)4-14-15-10(13)18/h1-4H,5H2,(H2,12,16)(H3,13,15,18)/b14-4+. The third-order valence-corrected chi connectivity index (χ3v) is 2.30. The second-order valence-electron chi connectivity index (χ2n) is 3.17. The molecule has 0 radical (unpaired) electrons. The maximum atomic E-state index is 10.7. The van der Waals surface area contributed by atoms with E-state index in [0.29, 0.717) is 11.3 Å². The number of hydrogen-bond acceptors (Lipinski definition) is 4. The smallest absolute Gasteiger partial charge is 0.255 e. The summed E-state index contributed by atoms with van der Waals surface area (Å²) in [6.07, 6.45) is 1.47. The summed E-state index contributed by atoms with van der Waals surface area (Å²) >= 11 is 7.92. The predicted octanol–water partition coefficient (Wildman–Crippen LogP) is 0.480. The zero-order valence-corrected chi connectivity index (χ0v) is 11.6. The van der Waals surface area contributed by atoms with E-state index in [4.69, 9.17) is 16.2 Å². The van der Waals surface area contributed by atoms with E-state index in [-0.39, 0.29) is 11.7 Å². The van der Waals surface area contributed by atoms with Crippen LogP contribution in [0.2, 0.25) is 0 Å². The SMILES string of the molecule is NC(=O)COc1ccc(Br)cc1/C=N/NC(N)=S. The fourth-order valence-electron chi connectivity index (χ4n) is 1.07. The van der Waals surface area contributed by atoms with Gasteiger partial charge in [-0.2, -0.15) is 5.10 Å². The molecule has 6 nitrogen and oxygen atoms in total. The van der Waals surface area contributed by atoms with Crippen molar-refractivity contribution in [3.63, 3.8) is 0 Å². The van der Waals surface area contributed by atoms with Crippen molar-refractivity contribution in [3.8, 4) is 5.75 Å². The summed E-state index contributed by atoms with van der Waals surface area (Å²) < 4.78 is 6.07. The molecule has 96 valence electrons. The van der Waals surface area contributed by atoms with Gasteiger partial charge in [-0.3, -0.25) is 10.2 Å². The lowest BCUT2D eigenvalue weighted by molar-refractivity contribution is -0.119. The molecule has 0 aliphatic rings. The number of nitrogens with zero attached hydrogens (tertiary/aromatic N) is 1. The van der Waals surface area contributed by atoms with Gasteiger partial charge in [0.25, 0.3) is 5.91 Å². The molecule has 0 unspecified atom stereocenters. The van der Waals surface area contributed by atoms with Crippen LogP contribution in [0.3, 0.4) is 0 Å². The molecule has 0 saturated heterocycles. The lowest BCUT2D eigenvalue weighted by Gasteiger charge is -2.07. The van der Waals surface area contributed by atoms with Crippen LogP contribution in [0.1, 0.15) is 5.56 Å². The molecule has 0 aliphatic heterocycles. The van der Waals surface area contributed by atoms with E-state index in [0.717, 1.165) is 4.47 Å². The molecular formula is C10H11BrN4O2S. The number of benzene rings is 1. The summed E-state index contributed by atoms with van der Waals surface area (Å²) in [6, 6.07) is 5.23. The quantitative estimate of drug-likeness (QED) is 0.414. The molecule has 1 amide bonds. The van der Waals surface area contributed by atoms with Crippen LogP contribution in [0.25, 0.3) is 0 Å². The Hall–Kier alpha value is -1.67. The van der Waals surface area contributed by atoms with Gasteiger partial charge in [-0.05, 0) is 30.4 Å². The highest BCUT2D eigenvalue weighted by Crippen LogP contribution is 2.21. The second kappa shape index (κ2) is 6.92. The molecule has 8 heteroatoms. The summed E-state index contributed by atoms with van der Waals surface area (Å²) in [5.74, 6) is -0.0763. The number of amides is 1. The molecule has 1 rings (SSSR count). The Morgan fingerprint density at radius 2 is 2.28 bits per heavy atom. The van der Waals surface area contributed by atoms with Gasteiger partial charge in [-0.15, -0.1) is 0 Å². The van der Waals surface area contributed by atoms with Crippen LogP contribution in [0, 0.1) is 0 Å². The minimum Gasteiger partial charge on any atom is -0.483 e. The van der Waals surface area contributed by atoms with Crippen molar-refractivity contribution in [2.24, 2.45) is 16.6 Å². The van der Waals surface area contributed by atoms with E-state index in [1.165, 1.54) is 6.21 Å². The van der Waals surface area contributed by atoms with Gasteiger partial charge >= 0.3 is 0 Å². The lowest BCUT2D eigenvalue weighted by Crippen LogP contribution is -2.24. The maximum absolute atomic E-state index is 10.7. The maximum Gasteiger partial charge on any atom is 0.255 e. The molecule has 0 aromatic heterocycles. The first-order chi connectivity index (χ1) is 8.49. The Bertz CT molecular complexity index is 493. The number of ether oxygens (including phenoxy) is 1. The second-order valence-corrected chi connectivity index (χ2v) is 4.53. The number of carbonyl (C=O) groups is 1. The van der Waals surface area contributed by atoms with Gasteiger partial charge in [0.1, 0.15) is 5.75 Å². The summed E-state index contributed by atoms with van der Waals surface area (Å²) in [5, 5.41) is 3.87. The van der Waals surface area contributed by atoms with E-state index in [1.807, 2.05) is 0 Å². The Kier molecular flexibility index (Phi) is 5.53. The largest absolute Gasteiger partial charge is 0.483 e. The van der Waals surface area contributed by atoms with Crippen molar-refractivity contribution in [2.45, 2.75) is 0 Å². The number of hydrazone groups is 1. The average molecular weight is 331 g/mol. The van der Waals surface area contributed by atoms with E-state index in [9.17, 15) is 4.79 Å². The highest BCUT2D eigenvalue weighted by Gasteiger charge is 2.04. The Labute approximate surface area is 117 Å². The van der Waals surface area contributed by atoms with Crippen LogP contribution in [-0.4, -0.2) is 23.8 Å². The van der Waals surface area contributed by atoms with Crippen molar-refractivity contribution in [1.29, 1.82) is 0 Å². The lowest BCUT2D eigenvalue weighted by atomic mass is 10.2. The van der Waals surface area contributed by atoms with Crippen LogP contribution >= 0.6 is 28.1 Å². The number of rotatable bonds is 5. The number of nitrogens with one attached hydrogen (secondary N) is 1. The van der Waals surface area contributed by atoms with Gasteiger partial charge in [0, 0.05) is 10.0 Å². The highest BCUT2D eigenvalue weighted by molar-refractivity contribution is 9.10. The fraction of sp³-hybridized carbons (Fsp3) is 0.100. The molecule has 1 aromatic carbocycles. The number of nitrogens with two attached hydrogens (primary N) is 2. The Balaban J connectivity index is 2.85. The van der Waals surface area contributed by atoms with Crippen molar-refractivity contribution in [3.05, 3.63) is 28.2 Å². The summed E-state index contributed by atoms with van der Waals surface area (Å²) in [6.45, 7) is -0.203. The van der Waals surface area contributed by atoms with Crippen LogP contribution in [0.4, 0.5) is 0 Å². The van der Waals surface area contributed by atoms with Gasteiger partial charge in [0.2, 0.25) is 0 Å². The molecule has 0 heterocycles. The van der Waals surface area contributed by atoms with Crippen LogP contribution in [0.15, 0.2) is 27.8 Å². The molecule has 0 aliphatic carbocycles. The molecule has 0 atom stereocenters. The summed E-state index contributed by atoms with van der Waals surface area (Å²) in [5.41, 5.74) is 13.3. The molecule has 1 aromatic rings. The molecule has 5 N–H and O–H groups in total. The predicted molar refractivity (Wildman–Crippen MR) is 76.3 cm³/mol. The molecule has 0 fully saturated rings. The first-order valence-electron chi connectivity index (χ1n) is 4.78.